The monoisotopic (exact) mass is 351 g/mol. The van der Waals surface area contributed by atoms with E-state index >= 15 is 0 Å². The summed E-state index contributed by atoms with van der Waals surface area (Å²) in [6.07, 6.45) is 1.20. The van der Waals surface area contributed by atoms with E-state index in [1.54, 1.807) is 24.3 Å². The lowest BCUT2D eigenvalue weighted by Gasteiger charge is -2.10. The summed E-state index contributed by atoms with van der Waals surface area (Å²) in [4.78, 5) is 29.7. The fourth-order valence-electron chi connectivity index (χ4n) is 2.23. The molecule has 26 heavy (non-hydrogen) atoms. The molecule has 9 nitrogen and oxygen atoms in total. The highest BCUT2D eigenvalue weighted by Crippen LogP contribution is 2.32. The van der Waals surface area contributed by atoms with Crippen LogP contribution in [0.15, 0.2) is 60.9 Å². The number of carbonyl (C=O) groups is 1. The number of para-hydroxylation sites is 1. The molecule has 9 heteroatoms. The molecule has 3 aromatic rings. The summed E-state index contributed by atoms with van der Waals surface area (Å²) in [5, 5.41) is 26.2. The van der Waals surface area contributed by atoms with Crippen molar-refractivity contribution in [2.24, 2.45) is 0 Å². The van der Waals surface area contributed by atoms with Crippen molar-refractivity contribution in [2.75, 3.05) is 10.6 Å². The average Bonchev–Trinajstić information content (AvgIpc) is 2.63. The number of aromatic carboxylic acids is 1. The molecule has 0 atom stereocenters. The molecule has 0 aliphatic rings. The van der Waals surface area contributed by atoms with E-state index in [-0.39, 0.29) is 22.9 Å². The average molecular weight is 351 g/mol. The molecule has 3 N–H and O–H groups in total. The number of anilines is 4. The fourth-order valence-corrected chi connectivity index (χ4v) is 2.23. The van der Waals surface area contributed by atoms with Crippen LogP contribution in [0.4, 0.5) is 28.7 Å². The third-order valence-corrected chi connectivity index (χ3v) is 3.44. The maximum absolute atomic E-state index is 11.5. The molecule has 1 heterocycles. The Labute approximate surface area is 147 Å². The minimum Gasteiger partial charge on any atom is -0.478 e. The lowest BCUT2D eigenvalue weighted by atomic mass is 10.2. The van der Waals surface area contributed by atoms with E-state index in [2.05, 4.69) is 20.6 Å². The smallest absolute Gasteiger partial charge is 0.353 e. The molecule has 0 saturated carbocycles. The standard InChI is InChI=1S/C17H13N5O4/c23-17(24)11-6-8-13(9-7-11)21-16-14(22(25)26)15(18-10-19-16)20-12-4-2-1-3-5-12/h1-10H,(H,23,24)(H2,18,19,20,21). The molecule has 0 amide bonds. The first kappa shape index (κ1) is 16.8. The number of benzene rings is 2. The Balaban J connectivity index is 1.92. The van der Waals surface area contributed by atoms with Crippen molar-refractivity contribution in [1.29, 1.82) is 0 Å². The molecule has 3 rings (SSSR count). The number of nitrogens with zero attached hydrogens (tertiary/aromatic N) is 3. The summed E-state index contributed by atoms with van der Waals surface area (Å²) >= 11 is 0. The van der Waals surface area contributed by atoms with Gasteiger partial charge in [-0.15, -0.1) is 0 Å². The fraction of sp³-hybridized carbons (Fsp3) is 0. The zero-order valence-corrected chi connectivity index (χ0v) is 13.3. The van der Waals surface area contributed by atoms with Gasteiger partial charge in [0.2, 0.25) is 11.6 Å². The predicted molar refractivity (Wildman–Crippen MR) is 95.1 cm³/mol. The van der Waals surface area contributed by atoms with Crippen molar-refractivity contribution in [3.63, 3.8) is 0 Å². The van der Waals surface area contributed by atoms with Crippen LogP contribution in [0.3, 0.4) is 0 Å². The molecule has 0 aliphatic carbocycles. The van der Waals surface area contributed by atoms with Crippen LogP contribution in [-0.2, 0) is 0 Å². The Kier molecular flexibility index (Phi) is 4.70. The van der Waals surface area contributed by atoms with Crippen molar-refractivity contribution in [1.82, 2.24) is 9.97 Å². The molecule has 1 aromatic heterocycles. The second-order valence-corrected chi connectivity index (χ2v) is 5.18. The Bertz CT molecular complexity index is 945. The topological polar surface area (TPSA) is 130 Å². The number of rotatable bonds is 6. The molecule has 0 bridgehead atoms. The van der Waals surface area contributed by atoms with Gasteiger partial charge in [0.15, 0.2) is 0 Å². The van der Waals surface area contributed by atoms with Crippen LogP contribution in [0.25, 0.3) is 0 Å². The van der Waals surface area contributed by atoms with Crippen molar-refractivity contribution >= 4 is 34.7 Å². The van der Waals surface area contributed by atoms with Crippen LogP contribution in [0, 0.1) is 10.1 Å². The Morgan fingerprint density at radius 1 is 0.923 bits per heavy atom. The summed E-state index contributed by atoms with van der Waals surface area (Å²) in [7, 11) is 0. The maximum atomic E-state index is 11.5. The highest BCUT2D eigenvalue weighted by molar-refractivity contribution is 5.88. The van der Waals surface area contributed by atoms with Crippen LogP contribution in [-0.4, -0.2) is 26.0 Å². The van der Waals surface area contributed by atoms with Gasteiger partial charge in [-0.25, -0.2) is 14.8 Å². The number of hydrogen-bond donors (Lipinski definition) is 3. The normalized spacial score (nSPS) is 10.2. The minimum absolute atomic E-state index is 0.00786. The SMILES string of the molecule is O=C(O)c1ccc(Nc2ncnc(Nc3ccccc3)c2[N+](=O)[O-])cc1. The molecular formula is C17H13N5O4. The summed E-state index contributed by atoms with van der Waals surface area (Å²) < 4.78 is 0. The third-order valence-electron chi connectivity index (χ3n) is 3.44. The molecule has 130 valence electrons. The first-order chi connectivity index (χ1) is 12.5. The van der Waals surface area contributed by atoms with Crippen LogP contribution >= 0.6 is 0 Å². The van der Waals surface area contributed by atoms with Crippen LogP contribution in [0.2, 0.25) is 0 Å². The van der Waals surface area contributed by atoms with Crippen molar-refractivity contribution < 1.29 is 14.8 Å². The highest BCUT2D eigenvalue weighted by Gasteiger charge is 2.23. The number of carboxylic acid groups (broad SMARTS) is 1. The van der Waals surface area contributed by atoms with E-state index in [4.69, 9.17) is 5.11 Å². The van der Waals surface area contributed by atoms with E-state index in [1.165, 1.54) is 30.6 Å². The van der Waals surface area contributed by atoms with Crippen molar-refractivity contribution in [3.8, 4) is 0 Å². The zero-order chi connectivity index (χ0) is 18.5. The number of aromatic nitrogens is 2. The molecule has 0 radical (unpaired) electrons. The molecule has 2 aromatic carbocycles. The van der Waals surface area contributed by atoms with Crippen LogP contribution < -0.4 is 10.6 Å². The van der Waals surface area contributed by atoms with Gasteiger partial charge in [-0.1, -0.05) is 18.2 Å². The van der Waals surface area contributed by atoms with Crippen molar-refractivity contribution in [2.45, 2.75) is 0 Å². The first-order valence-electron chi connectivity index (χ1n) is 7.46. The Morgan fingerprint density at radius 2 is 1.46 bits per heavy atom. The quantitative estimate of drug-likeness (QED) is 0.454. The van der Waals surface area contributed by atoms with Gasteiger partial charge in [-0.3, -0.25) is 10.1 Å². The van der Waals surface area contributed by atoms with Gasteiger partial charge in [0.1, 0.15) is 6.33 Å². The van der Waals surface area contributed by atoms with Gasteiger partial charge in [-0.2, -0.15) is 0 Å². The second-order valence-electron chi connectivity index (χ2n) is 5.18. The molecule has 0 aliphatic heterocycles. The molecule has 0 fully saturated rings. The largest absolute Gasteiger partial charge is 0.478 e. The Morgan fingerprint density at radius 3 is 1.96 bits per heavy atom. The van der Waals surface area contributed by atoms with E-state index in [9.17, 15) is 14.9 Å². The second kappa shape index (κ2) is 7.26. The predicted octanol–water partition coefficient (Wildman–Crippen LogP) is 3.57. The van der Waals surface area contributed by atoms with E-state index in [0.717, 1.165) is 0 Å². The first-order valence-corrected chi connectivity index (χ1v) is 7.46. The molecule has 0 unspecified atom stereocenters. The molecule has 0 saturated heterocycles. The van der Waals surface area contributed by atoms with Gasteiger partial charge in [-0.05, 0) is 36.4 Å². The number of carboxylic acids is 1. The van der Waals surface area contributed by atoms with Gasteiger partial charge in [0.25, 0.3) is 0 Å². The van der Waals surface area contributed by atoms with Crippen LogP contribution in [0.1, 0.15) is 10.4 Å². The number of hydrogen-bond acceptors (Lipinski definition) is 7. The lowest BCUT2D eigenvalue weighted by Crippen LogP contribution is -2.05. The van der Waals surface area contributed by atoms with E-state index in [1.807, 2.05) is 6.07 Å². The zero-order valence-electron chi connectivity index (χ0n) is 13.3. The van der Waals surface area contributed by atoms with E-state index < -0.39 is 10.9 Å². The summed E-state index contributed by atoms with van der Waals surface area (Å²) in [6.45, 7) is 0. The van der Waals surface area contributed by atoms with Crippen LogP contribution in [0.5, 0.6) is 0 Å². The number of nitro groups is 1. The number of nitrogens with one attached hydrogen (secondary N) is 2. The van der Waals surface area contributed by atoms with Gasteiger partial charge < -0.3 is 15.7 Å². The van der Waals surface area contributed by atoms with Gasteiger partial charge in [0, 0.05) is 11.4 Å². The van der Waals surface area contributed by atoms with Gasteiger partial charge >= 0.3 is 11.7 Å². The minimum atomic E-state index is -1.06. The summed E-state index contributed by atoms with van der Waals surface area (Å²) in [5.74, 6) is -1.02. The Hall–Kier alpha value is -4.01. The third kappa shape index (κ3) is 3.73. The lowest BCUT2D eigenvalue weighted by molar-refractivity contribution is -0.383. The van der Waals surface area contributed by atoms with E-state index in [0.29, 0.717) is 11.4 Å². The summed E-state index contributed by atoms with van der Waals surface area (Å²) in [6, 6.07) is 14.7. The molecule has 0 spiro atoms. The van der Waals surface area contributed by atoms with Gasteiger partial charge in [0.05, 0.1) is 10.5 Å². The summed E-state index contributed by atoms with van der Waals surface area (Å²) in [5.41, 5.74) is 0.895. The van der Waals surface area contributed by atoms with Crippen molar-refractivity contribution in [3.05, 3.63) is 76.6 Å². The highest BCUT2D eigenvalue weighted by atomic mass is 16.6. The maximum Gasteiger partial charge on any atom is 0.353 e. The molecular weight excluding hydrogens is 338 g/mol.